The van der Waals surface area contributed by atoms with Crippen molar-refractivity contribution in [2.24, 2.45) is 5.92 Å². The summed E-state index contributed by atoms with van der Waals surface area (Å²) in [7, 11) is 0. The number of anilines is 2. The second-order valence-corrected chi connectivity index (χ2v) is 9.45. The Hall–Kier alpha value is -3.18. The third-order valence-electron chi connectivity index (χ3n) is 4.81. The summed E-state index contributed by atoms with van der Waals surface area (Å²) in [4.78, 5) is 38.6. The van der Waals surface area contributed by atoms with E-state index >= 15 is 0 Å². The van der Waals surface area contributed by atoms with Gasteiger partial charge in [-0.05, 0) is 36.8 Å². The SMILES string of the molecule is Cc1cccc(N2CC(C(=O)Nc3nnc(SCC(=O)NCc4ccco4)s3)CC2=O)c1. The number of hydrogen-bond donors (Lipinski definition) is 2. The molecule has 32 heavy (non-hydrogen) atoms. The molecular weight excluding hydrogens is 450 g/mol. The van der Waals surface area contributed by atoms with Crippen LogP contribution in [0.1, 0.15) is 17.7 Å². The van der Waals surface area contributed by atoms with Gasteiger partial charge in [0, 0.05) is 18.7 Å². The smallest absolute Gasteiger partial charge is 0.231 e. The van der Waals surface area contributed by atoms with E-state index in [-0.39, 0.29) is 29.9 Å². The zero-order valence-electron chi connectivity index (χ0n) is 17.2. The minimum Gasteiger partial charge on any atom is -0.467 e. The average molecular weight is 472 g/mol. The molecule has 1 unspecified atom stereocenters. The fourth-order valence-electron chi connectivity index (χ4n) is 3.23. The van der Waals surface area contributed by atoms with Crippen LogP contribution in [-0.2, 0) is 20.9 Å². The Morgan fingerprint density at radius 1 is 1.28 bits per heavy atom. The van der Waals surface area contributed by atoms with Gasteiger partial charge in [-0.1, -0.05) is 35.2 Å². The average Bonchev–Trinajstić information content (AvgIpc) is 3.52. The maximum atomic E-state index is 12.6. The predicted molar refractivity (Wildman–Crippen MR) is 121 cm³/mol. The van der Waals surface area contributed by atoms with E-state index in [1.54, 1.807) is 23.3 Å². The van der Waals surface area contributed by atoms with Gasteiger partial charge in [0.15, 0.2) is 4.34 Å². The summed E-state index contributed by atoms with van der Waals surface area (Å²) in [5, 5.41) is 13.8. The zero-order chi connectivity index (χ0) is 22.5. The number of aryl methyl sites for hydroxylation is 1. The van der Waals surface area contributed by atoms with Crippen molar-refractivity contribution in [3.8, 4) is 0 Å². The molecule has 3 amide bonds. The van der Waals surface area contributed by atoms with Crippen molar-refractivity contribution in [2.45, 2.75) is 24.2 Å². The van der Waals surface area contributed by atoms with Gasteiger partial charge in [0.05, 0.1) is 24.5 Å². The van der Waals surface area contributed by atoms with Crippen molar-refractivity contribution in [3.63, 3.8) is 0 Å². The van der Waals surface area contributed by atoms with Gasteiger partial charge in [-0.15, -0.1) is 10.2 Å². The van der Waals surface area contributed by atoms with Crippen molar-refractivity contribution >= 4 is 51.6 Å². The highest BCUT2D eigenvalue weighted by Gasteiger charge is 2.35. The summed E-state index contributed by atoms with van der Waals surface area (Å²) >= 11 is 2.42. The molecule has 1 atom stereocenters. The number of carbonyl (C=O) groups is 3. The Balaban J connectivity index is 1.25. The van der Waals surface area contributed by atoms with E-state index < -0.39 is 5.92 Å². The minimum absolute atomic E-state index is 0.0789. The van der Waals surface area contributed by atoms with Crippen LogP contribution in [0.2, 0.25) is 0 Å². The lowest BCUT2D eigenvalue weighted by Crippen LogP contribution is -2.28. The monoisotopic (exact) mass is 471 g/mol. The van der Waals surface area contributed by atoms with Crippen LogP contribution in [0.15, 0.2) is 51.4 Å². The van der Waals surface area contributed by atoms with Gasteiger partial charge in [-0.3, -0.25) is 14.4 Å². The second kappa shape index (κ2) is 9.96. The van der Waals surface area contributed by atoms with Crippen LogP contribution in [0.25, 0.3) is 0 Å². The second-order valence-electron chi connectivity index (χ2n) is 7.25. The highest BCUT2D eigenvalue weighted by Crippen LogP contribution is 2.29. The van der Waals surface area contributed by atoms with Crippen LogP contribution in [0.5, 0.6) is 0 Å². The fourth-order valence-corrected chi connectivity index (χ4v) is 4.82. The maximum Gasteiger partial charge on any atom is 0.231 e. The zero-order valence-corrected chi connectivity index (χ0v) is 18.9. The summed E-state index contributed by atoms with van der Waals surface area (Å²) in [6.07, 6.45) is 1.70. The molecule has 3 heterocycles. The molecule has 9 nitrogen and oxygen atoms in total. The molecular formula is C21H21N5O4S2. The van der Waals surface area contributed by atoms with Gasteiger partial charge < -0.3 is 20.0 Å². The summed E-state index contributed by atoms with van der Waals surface area (Å²) in [5.74, 6) is -0.118. The van der Waals surface area contributed by atoms with Crippen molar-refractivity contribution in [3.05, 3.63) is 54.0 Å². The van der Waals surface area contributed by atoms with E-state index in [1.165, 1.54) is 23.1 Å². The van der Waals surface area contributed by atoms with Crippen molar-refractivity contribution in [1.29, 1.82) is 0 Å². The molecule has 2 N–H and O–H groups in total. The van der Waals surface area contributed by atoms with E-state index in [9.17, 15) is 14.4 Å². The molecule has 0 radical (unpaired) electrons. The van der Waals surface area contributed by atoms with E-state index in [1.807, 2.05) is 31.2 Å². The number of hydrogen-bond acceptors (Lipinski definition) is 8. The van der Waals surface area contributed by atoms with E-state index in [2.05, 4.69) is 20.8 Å². The Bertz CT molecular complexity index is 1120. The third kappa shape index (κ3) is 5.54. The van der Waals surface area contributed by atoms with E-state index in [0.29, 0.717) is 28.3 Å². The van der Waals surface area contributed by atoms with Gasteiger partial charge in [-0.2, -0.15) is 0 Å². The summed E-state index contributed by atoms with van der Waals surface area (Å²) in [6, 6.07) is 11.2. The normalized spacial score (nSPS) is 15.7. The van der Waals surface area contributed by atoms with Crippen LogP contribution < -0.4 is 15.5 Å². The number of aromatic nitrogens is 2. The third-order valence-corrected chi connectivity index (χ3v) is 6.78. The topological polar surface area (TPSA) is 117 Å². The predicted octanol–water partition coefficient (Wildman–Crippen LogP) is 2.84. The number of nitrogens with zero attached hydrogens (tertiary/aromatic N) is 3. The Morgan fingerprint density at radius 2 is 2.16 bits per heavy atom. The molecule has 4 rings (SSSR count). The van der Waals surface area contributed by atoms with Crippen LogP contribution >= 0.6 is 23.1 Å². The quantitative estimate of drug-likeness (QED) is 0.383. The molecule has 1 aromatic carbocycles. The van der Waals surface area contributed by atoms with Crippen LogP contribution in [0, 0.1) is 12.8 Å². The Kier molecular flexibility index (Phi) is 6.86. The van der Waals surface area contributed by atoms with Crippen LogP contribution in [-0.4, -0.2) is 40.2 Å². The molecule has 0 bridgehead atoms. The van der Waals surface area contributed by atoms with Crippen molar-refractivity contribution < 1.29 is 18.8 Å². The molecule has 1 saturated heterocycles. The van der Waals surface area contributed by atoms with Crippen LogP contribution in [0.4, 0.5) is 10.8 Å². The van der Waals surface area contributed by atoms with Gasteiger partial charge in [0.2, 0.25) is 22.9 Å². The molecule has 0 saturated carbocycles. The van der Waals surface area contributed by atoms with Crippen LogP contribution in [0.3, 0.4) is 0 Å². The largest absolute Gasteiger partial charge is 0.467 e. The minimum atomic E-state index is -0.463. The van der Waals surface area contributed by atoms with Gasteiger partial charge >= 0.3 is 0 Å². The molecule has 3 aromatic rings. The standard InChI is InChI=1S/C21H21N5O4S2/c1-13-4-2-5-15(8-13)26-11-14(9-18(26)28)19(29)23-20-24-25-21(32-20)31-12-17(27)22-10-16-6-3-7-30-16/h2-8,14H,9-12H2,1H3,(H,22,27)(H,23,24,29). The highest BCUT2D eigenvalue weighted by molar-refractivity contribution is 8.01. The summed E-state index contributed by atoms with van der Waals surface area (Å²) < 4.78 is 5.73. The molecule has 1 aliphatic heterocycles. The number of furan rings is 1. The Labute approximate surface area is 192 Å². The first-order valence-electron chi connectivity index (χ1n) is 9.91. The fraction of sp³-hybridized carbons (Fsp3) is 0.286. The first-order valence-corrected chi connectivity index (χ1v) is 11.7. The summed E-state index contributed by atoms with van der Waals surface area (Å²) in [6.45, 7) is 2.61. The molecule has 166 valence electrons. The molecule has 2 aromatic heterocycles. The van der Waals surface area contributed by atoms with E-state index in [0.717, 1.165) is 11.3 Å². The number of rotatable bonds is 8. The number of thioether (sulfide) groups is 1. The molecule has 1 fully saturated rings. The first-order chi connectivity index (χ1) is 15.5. The molecule has 1 aliphatic rings. The number of carbonyl (C=O) groups excluding carboxylic acids is 3. The Morgan fingerprint density at radius 3 is 2.94 bits per heavy atom. The summed E-state index contributed by atoms with van der Waals surface area (Å²) in [5.41, 5.74) is 1.85. The lowest BCUT2D eigenvalue weighted by molar-refractivity contribution is -0.122. The van der Waals surface area contributed by atoms with Crippen molar-refractivity contribution in [2.75, 3.05) is 22.5 Å². The highest BCUT2D eigenvalue weighted by atomic mass is 32.2. The van der Waals surface area contributed by atoms with E-state index in [4.69, 9.17) is 4.42 Å². The molecule has 0 spiro atoms. The maximum absolute atomic E-state index is 12.6. The van der Waals surface area contributed by atoms with Gasteiger partial charge in [0.25, 0.3) is 0 Å². The van der Waals surface area contributed by atoms with Gasteiger partial charge in [-0.25, -0.2) is 0 Å². The number of benzene rings is 1. The first kappa shape index (κ1) is 22.0. The molecule has 0 aliphatic carbocycles. The number of nitrogens with one attached hydrogen (secondary N) is 2. The lowest BCUT2D eigenvalue weighted by Gasteiger charge is -2.17. The lowest BCUT2D eigenvalue weighted by atomic mass is 10.1. The van der Waals surface area contributed by atoms with Crippen molar-refractivity contribution in [1.82, 2.24) is 15.5 Å². The number of amides is 3. The molecule has 11 heteroatoms. The van der Waals surface area contributed by atoms with Gasteiger partial charge in [0.1, 0.15) is 5.76 Å².